The second-order valence-corrected chi connectivity index (χ2v) is 6.07. The van der Waals surface area contributed by atoms with Gasteiger partial charge in [0.25, 0.3) is 0 Å². The fraction of sp³-hybridized carbons (Fsp3) is 0.643. The molecule has 19 heavy (non-hydrogen) atoms. The number of hydrogen-bond acceptors (Lipinski definition) is 5. The van der Waals surface area contributed by atoms with Crippen molar-refractivity contribution in [1.29, 1.82) is 0 Å². The maximum Gasteiger partial charge on any atom is 0.341 e. The highest BCUT2D eigenvalue weighted by atomic mass is 32.1. The van der Waals surface area contributed by atoms with Crippen LogP contribution >= 0.6 is 11.3 Å². The molecule has 5 heteroatoms. The Hall–Kier alpha value is -1.07. The first-order valence-electron chi connectivity index (χ1n) is 6.87. The fourth-order valence-corrected chi connectivity index (χ4v) is 3.80. The van der Waals surface area contributed by atoms with Gasteiger partial charge in [-0.05, 0) is 31.9 Å². The summed E-state index contributed by atoms with van der Waals surface area (Å²) in [6, 6.07) is 0.376. The summed E-state index contributed by atoms with van der Waals surface area (Å²) < 4.78 is 4.95. The number of rotatable bonds is 5. The summed E-state index contributed by atoms with van der Waals surface area (Å²) >= 11 is 1.69. The zero-order valence-corrected chi connectivity index (χ0v) is 12.7. The third-order valence-electron chi connectivity index (χ3n) is 3.42. The highest BCUT2D eigenvalue weighted by Gasteiger charge is 2.26. The van der Waals surface area contributed by atoms with Crippen LogP contribution in [0.4, 0.5) is 5.00 Å². The van der Waals surface area contributed by atoms with Crippen LogP contribution < -0.4 is 10.6 Å². The van der Waals surface area contributed by atoms with Crippen LogP contribution in [0.2, 0.25) is 0 Å². The molecule has 0 fully saturated rings. The van der Waals surface area contributed by atoms with Gasteiger partial charge in [0.2, 0.25) is 0 Å². The van der Waals surface area contributed by atoms with Gasteiger partial charge in [-0.2, -0.15) is 0 Å². The average molecular weight is 282 g/mol. The molecule has 1 aromatic rings. The van der Waals surface area contributed by atoms with Crippen molar-refractivity contribution in [2.45, 2.75) is 45.7 Å². The Bertz CT molecular complexity index is 457. The minimum atomic E-state index is -0.217. The average Bonchev–Trinajstić information content (AvgIpc) is 2.75. The molecule has 2 N–H and O–H groups in total. The number of ether oxygens (including phenoxy) is 1. The first-order chi connectivity index (χ1) is 9.17. The Morgan fingerprint density at radius 3 is 3.05 bits per heavy atom. The molecule has 0 aliphatic carbocycles. The SMILES string of the molecule is CCCC(C)Nc1sc2c(c1C(=O)OC)CCNC2. The van der Waals surface area contributed by atoms with Crippen molar-refractivity contribution in [3.8, 4) is 0 Å². The van der Waals surface area contributed by atoms with Gasteiger partial charge in [-0.25, -0.2) is 4.79 Å². The van der Waals surface area contributed by atoms with Crippen LogP contribution in [0.15, 0.2) is 0 Å². The lowest BCUT2D eigenvalue weighted by Crippen LogP contribution is -2.23. The van der Waals surface area contributed by atoms with E-state index in [0.717, 1.165) is 42.9 Å². The van der Waals surface area contributed by atoms with Crippen molar-refractivity contribution in [3.05, 3.63) is 16.0 Å². The van der Waals surface area contributed by atoms with E-state index in [4.69, 9.17) is 4.74 Å². The Labute approximate surface area is 118 Å². The quantitative estimate of drug-likeness (QED) is 0.815. The largest absolute Gasteiger partial charge is 0.465 e. The molecule has 4 nitrogen and oxygen atoms in total. The van der Waals surface area contributed by atoms with Gasteiger partial charge in [0.1, 0.15) is 5.00 Å². The predicted octanol–water partition coefficient (Wildman–Crippen LogP) is 2.78. The highest BCUT2D eigenvalue weighted by Crippen LogP contribution is 2.36. The van der Waals surface area contributed by atoms with Crippen LogP contribution in [-0.4, -0.2) is 25.7 Å². The van der Waals surface area contributed by atoms with Crippen LogP contribution in [0.5, 0.6) is 0 Å². The number of thiophene rings is 1. The van der Waals surface area contributed by atoms with Crippen LogP contribution in [0.3, 0.4) is 0 Å². The molecule has 2 heterocycles. The Kier molecular flexibility index (Phi) is 4.82. The molecule has 0 bridgehead atoms. The molecule has 1 unspecified atom stereocenters. The first-order valence-corrected chi connectivity index (χ1v) is 7.69. The van der Waals surface area contributed by atoms with Gasteiger partial charge in [-0.1, -0.05) is 13.3 Å². The smallest absolute Gasteiger partial charge is 0.341 e. The van der Waals surface area contributed by atoms with Gasteiger partial charge in [0.15, 0.2) is 0 Å². The van der Waals surface area contributed by atoms with Crippen molar-refractivity contribution in [2.24, 2.45) is 0 Å². The molecular weight excluding hydrogens is 260 g/mol. The highest BCUT2D eigenvalue weighted by molar-refractivity contribution is 7.16. The van der Waals surface area contributed by atoms with Crippen molar-refractivity contribution in [1.82, 2.24) is 5.32 Å². The maximum absolute atomic E-state index is 12.0. The Morgan fingerprint density at radius 1 is 1.58 bits per heavy atom. The molecule has 1 aliphatic heterocycles. The number of methoxy groups -OCH3 is 1. The standard InChI is InChI=1S/C14H22N2O2S/c1-4-5-9(2)16-13-12(14(17)18-3)10-6-7-15-8-11(10)19-13/h9,15-16H,4-8H2,1-3H3. The molecular formula is C14H22N2O2S. The molecule has 0 aromatic carbocycles. The molecule has 0 saturated carbocycles. The minimum Gasteiger partial charge on any atom is -0.465 e. The number of hydrogen-bond donors (Lipinski definition) is 2. The summed E-state index contributed by atoms with van der Waals surface area (Å²) in [6.07, 6.45) is 3.13. The summed E-state index contributed by atoms with van der Waals surface area (Å²) in [5, 5.41) is 7.79. The third kappa shape index (κ3) is 3.09. The van der Waals surface area contributed by atoms with Crippen molar-refractivity contribution in [3.63, 3.8) is 0 Å². The molecule has 1 aromatic heterocycles. The molecule has 0 amide bonds. The molecule has 2 rings (SSSR count). The molecule has 106 valence electrons. The topological polar surface area (TPSA) is 50.4 Å². The number of anilines is 1. The van der Waals surface area contributed by atoms with E-state index >= 15 is 0 Å². The molecule has 0 radical (unpaired) electrons. The Morgan fingerprint density at radius 2 is 2.37 bits per heavy atom. The molecule has 0 saturated heterocycles. The van der Waals surface area contributed by atoms with Gasteiger partial charge < -0.3 is 15.4 Å². The van der Waals surface area contributed by atoms with E-state index in [0.29, 0.717) is 6.04 Å². The lowest BCUT2D eigenvalue weighted by atomic mass is 10.0. The Balaban J connectivity index is 2.30. The van der Waals surface area contributed by atoms with Crippen LogP contribution in [0, 0.1) is 0 Å². The van der Waals surface area contributed by atoms with E-state index in [1.54, 1.807) is 11.3 Å². The zero-order chi connectivity index (χ0) is 13.8. The van der Waals surface area contributed by atoms with Gasteiger partial charge in [-0.15, -0.1) is 11.3 Å². The zero-order valence-electron chi connectivity index (χ0n) is 11.8. The van der Waals surface area contributed by atoms with E-state index in [1.165, 1.54) is 17.6 Å². The second-order valence-electron chi connectivity index (χ2n) is 4.96. The van der Waals surface area contributed by atoms with Gasteiger partial charge in [-0.3, -0.25) is 0 Å². The first kappa shape index (κ1) is 14.3. The number of carbonyl (C=O) groups excluding carboxylic acids is 1. The van der Waals surface area contributed by atoms with Crippen LogP contribution in [-0.2, 0) is 17.7 Å². The lowest BCUT2D eigenvalue weighted by Gasteiger charge is -2.15. The molecule has 1 atom stereocenters. The second kappa shape index (κ2) is 6.39. The van der Waals surface area contributed by atoms with Crippen LogP contribution in [0.25, 0.3) is 0 Å². The maximum atomic E-state index is 12.0. The summed E-state index contributed by atoms with van der Waals surface area (Å²) in [6.45, 7) is 6.11. The van der Waals surface area contributed by atoms with Crippen molar-refractivity contribution >= 4 is 22.3 Å². The summed E-state index contributed by atoms with van der Waals surface area (Å²) in [7, 11) is 1.45. The predicted molar refractivity (Wildman–Crippen MR) is 79.1 cm³/mol. The van der Waals surface area contributed by atoms with E-state index in [-0.39, 0.29) is 5.97 Å². The monoisotopic (exact) mass is 282 g/mol. The van der Waals surface area contributed by atoms with Crippen molar-refractivity contribution < 1.29 is 9.53 Å². The van der Waals surface area contributed by atoms with E-state index in [2.05, 4.69) is 24.5 Å². The van der Waals surface area contributed by atoms with Gasteiger partial charge in [0.05, 0.1) is 12.7 Å². The van der Waals surface area contributed by atoms with E-state index in [1.807, 2.05) is 0 Å². The van der Waals surface area contributed by atoms with Crippen LogP contribution in [0.1, 0.15) is 47.5 Å². The minimum absolute atomic E-state index is 0.217. The lowest BCUT2D eigenvalue weighted by molar-refractivity contribution is 0.0601. The molecule has 0 spiro atoms. The van der Waals surface area contributed by atoms with Gasteiger partial charge in [0, 0.05) is 17.5 Å². The van der Waals surface area contributed by atoms with Gasteiger partial charge >= 0.3 is 5.97 Å². The fourth-order valence-electron chi connectivity index (χ4n) is 2.48. The molecule has 1 aliphatic rings. The summed E-state index contributed by atoms with van der Waals surface area (Å²) in [4.78, 5) is 13.3. The van der Waals surface area contributed by atoms with Crippen molar-refractivity contribution in [2.75, 3.05) is 19.0 Å². The number of carbonyl (C=O) groups is 1. The summed E-state index contributed by atoms with van der Waals surface area (Å²) in [5.41, 5.74) is 1.92. The van der Waals surface area contributed by atoms with E-state index < -0.39 is 0 Å². The third-order valence-corrected chi connectivity index (χ3v) is 4.58. The summed E-state index contributed by atoms with van der Waals surface area (Å²) in [5.74, 6) is -0.217. The number of esters is 1. The number of nitrogens with one attached hydrogen (secondary N) is 2. The van der Waals surface area contributed by atoms with E-state index in [9.17, 15) is 4.79 Å². The number of fused-ring (bicyclic) bond motifs is 1. The normalized spacial score (nSPS) is 15.7.